The number of rotatable bonds is 6. The molecular formula is C24H26N4O3. The van der Waals surface area contributed by atoms with Gasteiger partial charge in [0.15, 0.2) is 5.82 Å². The Labute approximate surface area is 181 Å². The van der Waals surface area contributed by atoms with Crippen LogP contribution in [-0.4, -0.2) is 34.9 Å². The summed E-state index contributed by atoms with van der Waals surface area (Å²) in [6.07, 6.45) is 2.54. The van der Waals surface area contributed by atoms with Gasteiger partial charge in [0.05, 0.1) is 12.1 Å². The van der Waals surface area contributed by atoms with Gasteiger partial charge >= 0.3 is 6.03 Å². The second-order valence-corrected chi connectivity index (χ2v) is 8.51. The molecule has 3 aromatic rings. The van der Waals surface area contributed by atoms with E-state index in [1.54, 1.807) is 4.90 Å². The lowest BCUT2D eigenvalue weighted by Gasteiger charge is -2.35. The first-order valence-corrected chi connectivity index (χ1v) is 10.8. The van der Waals surface area contributed by atoms with Crippen LogP contribution < -0.4 is 10.2 Å². The van der Waals surface area contributed by atoms with Crippen LogP contribution in [0.2, 0.25) is 0 Å². The van der Waals surface area contributed by atoms with Crippen molar-refractivity contribution in [3.8, 4) is 0 Å². The van der Waals surface area contributed by atoms with Crippen LogP contribution in [0.4, 0.5) is 10.6 Å². The highest BCUT2D eigenvalue weighted by atomic mass is 16.5. The van der Waals surface area contributed by atoms with Crippen LogP contribution in [0, 0.1) is 5.92 Å². The normalized spacial score (nSPS) is 21.3. The standard InChI is InChI=1S/C24H26N4O3/c1-27-21-13-18(19-11-17(12-19)15-31-14-16-5-3-2-4-6-16)7-8-20(21)23(26-27)28-10-9-22(29)25-24(28)30/h2-8,13,17,19H,9-12,14-15H2,1H3,(H,25,29,30). The number of nitrogens with zero attached hydrogens (tertiary/aromatic N) is 3. The van der Waals surface area contributed by atoms with E-state index in [1.807, 2.05) is 29.9 Å². The fraction of sp³-hybridized carbons (Fsp3) is 0.375. The Morgan fingerprint density at radius 3 is 2.71 bits per heavy atom. The first-order chi connectivity index (χ1) is 15.1. The minimum atomic E-state index is -0.405. The minimum Gasteiger partial charge on any atom is -0.376 e. The van der Waals surface area contributed by atoms with Crippen LogP contribution in [0.5, 0.6) is 0 Å². The summed E-state index contributed by atoms with van der Waals surface area (Å²) in [7, 11) is 1.89. The maximum atomic E-state index is 12.2. The van der Waals surface area contributed by atoms with E-state index in [4.69, 9.17) is 4.74 Å². The monoisotopic (exact) mass is 418 g/mol. The zero-order valence-corrected chi connectivity index (χ0v) is 17.6. The number of carbonyl (C=O) groups is 2. The number of nitrogens with one attached hydrogen (secondary N) is 1. The number of aryl methyl sites for hydroxylation is 1. The lowest BCUT2D eigenvalue weighted by atomic mass is 9.72. The largest absolute Gasteiger partial charge is 0.376 e. The van der Waals surface area contributed by atoms with Gasteiger partial charge in [-0.2, -0.15) is 5.10 Å². The van der Waals surface area contributed by atoms with Gasteiger partial charge in [0, 0.05) is 32.0 Å². The SMILES string of the molecule is Cn1nc(N2CCC(=O)NC2=O)c2ccc(C3CC(COCc4ccccc4)C3)cc21. The van der Waals surface area contributed by atoms with Gasteiger partial charge in [-0.3, -0.25) is 19.7 Å². The number of urea groups is 1. The Bertz CT molecular complexity index is 1120. The van der Waals surface area contributed by atoms with E-state index >= 15 is 0 Å². The van der Waals surface area contributed by atoms with Gasteiger partial charge in [0.25, 0.3) is 0 Å². The molecule has 2 heterocycles. The van der Waals surface area contributed by atoms with Gasteiger partial charge in [-0.05, 0) is 47.9 Å². The minimum absolute atomic E-state index is 0.240. The number of aromatic nitrogens is 2. The molecule has 2 fully saturated rings. The molecule has 5 rings (SSSR count). The van der Waals surface area contributed by atoms with Gasteiger partial charge in [0.1, 0.15) is 0 Å². The zero-order chi connectivity index (χ0) is 21.4. The topological polar surface area (TPSA) is 76.5 Å². The van der Waals surface area contributed by atoms with Crippen LogP contribution in [0.1, 0.15) is 36.3 Å². The average molecular weight is 418 g/mol. The maximum Gasteiger partial charge on any atom is 0.329 e. The first-order valence-electron chi connectivity index (χ1n) is 10.8. The second kappa shape index (κ2) is 8.15. The molecule has 1 aromatic heterocycles. The molecular weight excluding hydrogens is 392 g/mol. The number of fused-ring (bicyclic) bond motifs is 1. The number of hydrogen-bond acceptors (Lipinski definition) is 4. The van der Waals surface area contributed by atoms with Crippen molar-refractivity contribution in [1.82, 2.24) is 15.1 Å². The molecule has 0 atom stereocenters. The van der Waals surface area contributed by atoms with Crippen molar-refractivity contribution in [2.24, 2.45) is 13.0 Å². The van der Waals surface area contributed by atoms with E-state index in [-0.39, 0.29) is 12.3 Å². The van der Waals surface area contributed by atoms with Gasteiger partial charge in [-0.1, -0.05) is 36.4 Å². The highest BCUT2D eigenvalue weighted by molar-refractivity contribution is 6.08. The van der Waals surface area contributed by atoms with E-state index in [0.717, 1.165) is 30.4 Å². The summed E-state index contributed by atoms with van der Waals surface area (Å²) in [5.74, 6) is 1.50. The van der Waals surface area contributed by atoms with Crippen LogP contribution >= 0.6 is 0 Å². The maximum absolute atomic E-state index is 12.2. The Hall–Kier alpha value is -3.19. The van der Waals surface area contributed by atoms with Crippen molar-refractivity contribution >= 4 is 28.7 Å². The molecule has 1 aliphatic carbocycles. The van der Waals surface area contributed by atoms with Crippen molar-refractivity contribution < 1.29 is 14.3 Å². The molecule has 7 heteroatoms. The summed E-state index contributed by atoms with van der Waals surface area (Å²) in [6, 6.07) is 16.2. The Morgan fingerprint density at radius 2 is 1.94 bits per heavy atom. The molecule has 7 nitrogen and oxygen atoms in total. The summed E-state index contributed by atoms with van der Waals surface area (Å²) in [4.78, 5) is 25.2. The van der Waals surface area contributed by atoms with Gasteiger partial charge in [-0.25, -0.2) is 4.79 Å². The molecule has 0 radical (unpaired) electrons. The summed E-state index contributed by atoms with van der Waals surface area (Å²) in [5, 5.41) is 7.87. The Kier molecular flexibility index (Phi) is 5.19. The lowest BCUT2D eigenvalue weighted by molar-refractivity contribution is -0.120. The number of carbonyl (C=O) groups excluding carboxylic acids is 2. The Balaban J connectivity index is 1.23. The lowest BCUT2D eigenvalue weighted by Crippen LogP contribution is -2.49. The fourth-order valence-electron chi connectivity index (χ4n) is 4.54. The van der Waals surface area contributed by atoms with Crippen molar-refractivity contribution in [2.45, 2.75) is 31.8 Å². The number of amides is 3. The molecule has 1 aliphatic heterocycles. The molecule has 1 saturated carbocycles. The van der Waals surface area contributed by atoms with Crippen LogP contribution in [-0.2, 0) is 23.2 Å². The molecule has 0 unspecified atom stereocenters. The van der Waals surface area contributed by atoms with E-state index in [2.05, 4.69) is 40.7 Å². The number of benzene rings is 2. The second-order valence-electron chi connectivity index (χ2n) is 8.51. The average Bonchev–Trinajstić information content (AvgIpc) is 3.06. The third kappa shape index (κ3) is 3.93. The molecule has 2 aliphatic rings. The summed E-state index contributed by atoms with van der Waals surface area (Å²) >= 11 is 0. The quantitative estimate of drug-likeness (QED) is 0.662. The van der Waals surface area contributed by atoms with Crippen molar-refractivity contribution in [2.75, 3.05) is 18.1 Å². The first kappa shape index (κ1) is 19.8. The molecule has 2 aromatic carbocycles. The number of imide groups is 1. The molecule has 3 amide bonds. The van der Waals surface area contributed by atoms with Crippen LogP contribution in [0.25, 0.3) is 10.9 Å². The predicted octanol–water partition coefficient (Wildman–Crippen LogP) is 3.73. The number of ether oxygens (including phenoxy) is 1. The molecule has 0 spiro atoms. The molecule has 1 saturated heterocycles. The highest BCUT2D eigenvalue weighted by Crippen LogP contribution is 2.43. The molecule has 160 valence electrons. The van der Waals surface area contributed by atoms with Gasteiger partial charge in [0.2, 0.25) is 5.91 Å². The van der Waals surface area contributed by atoms with Crippen molar-refractivity contribution in [3.05, 3.63) is 59.7 Å². The van der Waals surface area contributed by atoms with Crippen LogP contribution in [0.15, 0.2) is 48.5 Å². The number of anilines is 1. The summed E-state index contributed by atoms with van der Waals surface area (Å²) in [5.41, 5.74) is 3.52. The summed E-state index contributed by atoms with van der Waals surface area (Å²) < 4.78 is 7.72. The predicted molar refractivity (Wildman–Crippen MR) is 118 cm³/mol. The molecule has 31 heavy (non-hydrogen) atoms. The van der Waals surface area contributed by atoms with Crippen molar-refractivity contribution in [1.29, 1.82) is 0 Å². The van der Waals surface area contributed by atoms with E-state index in [0.29, 0.717) is 30.8 Å². The fourth-order valence-corrected chi connectivity index (χ4v) is 4.54. The van der Waals surface area contributed by atoms with Crippen molar-refractivity contribution in [3.63, 3.8) is 0 Å². The third-order valence-corrected chi connectivity index (χ3v) is 6.34. The molecule has 0 bridgehead atoms. The zero-order valence-electron chi connectivity index (χ0n) is 17.6. The van der Waals surface area contributed by atoms with E-state index in [1.165, 1.54) is 11.1 Å². The van der Waals surface area contributed by atoms with E-state index in [9.17, 15) is 9.59 Å². The van der Waals surface area contributed by atoms with E-state index < -0.39 is 6.03 Å². The molecule has 1 N–H and O–H groups in total. The van der Waals surface area contributed by atoms with Gasteiger partial charge < -0.3 is 4.74 Å². The third-order valence-electron chi connectivity index (χ3n) is 6.34. The number of hydrogen-bond donors (Lipinski definition) is 1. The van der Waals surface area contributed by atoms with Gasteiger partial charge in [-0.15, -0.1) is 0 Å². The Morgan fingerprint density at radius 1 is 1.13 bits per heavy atom. The summed E-state index contributed by atoms with van der Waals surface area (Å²) in [6.45, 7) is 1.82. The smallest absolute Gasteiger partial charge is 0.329 e. The van der Waals surface area contributed by atoms with Crippen LogP contribution in [0.3, 0.4) is 0 Å². The highest BCUT2D eigenvalue weighted by Gasteiger charge is 2.32.